The Hall–Kier alpha value is 0.0200. The zero-order valence-electron chi connectivity index (χ0n) is 11.0. The predicted molar refractivity (Wildman–Crippen MR) is 74.2 cm³/mol. The number of hydrogen-bond donors (Lipinski definition) is 0. The highest BCUT2D eigenvalue weighted by atomic mass is 32.2. The molecule has 0 aromatic rings. The number of ketones is 1. The molecule has 0 radical (unpaired) electrons. The zero-order chi connectivity index (χ0) is 11.8. The SMILES string of the molecule is CCCCCC(=O)C[S+](C)C1CCCCC1. The Bertz CT molecular complexity index is 197. The molecular formula is C14H27OS+. The van der Waals surface area contributed by atoms with Crippen LogP contribution in [-0.4, -0.2) is 23.0 Å². The molecule has 0 spiro atoms. The van der Waals surface area contributed by atoms with E-state index >= 15 is 0 Å². The summed E-state index contributed by atoms with van der Waals surface area (Å²) in [4.78, 5) is 11.8. The smallest absolute Gasteiger partial charge is 0.181 e. The summed E-state index contributed by atoms with van der Waals surface area (Å²) in [5, 5.41) is 0.865. The summed E-state index contributed by atoms with van der Waals surface area (Å²) in [5.41, 5.74) is 0. The third-order valence-electron chi connectivity index (χ3n) is 3.57. The van der Waals surface area contributed by atoms with Crippen molar-refractivity contribution in [2.24, 2.45) is 0 Å². The van der Waals surface area contributed by atoms with Gasteiger partial charge in [-0.3, -0.25) is 4.79 Å². The van der Waals surface area contributed by atoms with Gasteiger partial charge >= 0.3 is 0 Å². The lowest BCUT2D eigenvalue weighted by molar-refractivity contribution is -0.116. The first-order valence-corrected chi connectivity index (χ1v) is 8.73. The van der Waals surface area contributed by atoms with Crippen LogP contribution in [0.4, 0.5) is 0 Å². The second-order valence-electron chi connectivity index (χ2n) is 5.09. The summed E-state index contributed by atoms with van der Waals surface area (Å²) in [5.74, 6) is 1.39. The molecule has 0 aromatic heterocycles. The van der Waals surface area contributed by atoms with Gasteiger partial charge in [0.15, 0.2) is 11.5 Å². The van der Waals surface area contributed by atoms with E-state index in [4.69, 9.17) is 0 Å². The normalized spacial score (nSPS) is 19.6. The van der Waals surface area contributed by atoms with Crippen molar-refractivity contribution < 1.29 is 4.79 Å². The summed E-state index contributed by atoms with van der Waals surface area (Å²) in [6, 6.07) is 0. The van der Waals surface area contributed by atoms with Gasteiger partial charge in [0, 0.05) is 6.42 Å². The van der Waals surface area contributed by atoms with Gasteiger partial charge in [0.05, 0.1) is 6.26 Å². The molecule has 0 aromatic carbocycles. The highest BCUT2D eigenvalue weighted by Gasteiger charge is 2.29. The molecule has 0 aliphatic heterocycles. The minimum atomic E-state index is 0.358. The van der Waals surface area contributed by atoms with Crippen molar-refractivity contribution in [3.63, 3.8) is 0 Å². The molecule has 1 aliphatic rings. The highest BCUT2D eigenvalue weighted by molar-refractivity contribution is 7.97. The van der Waals surface area contributed by atoms with Crippen LogP contribution in [-0.2, 0) is 15.7 Å². The molecule has 2 heteroatoms. The molecule has 1 atom stereocenters. The molecule has 16 heavy (non-hydrogen) atoms. The Labute approximate surface area is 104 Å². The van der Waals surface area contributed by atoms with Crippen LogP contribution in [0, 0.1) is 0 Å². The quantitative estimate of drug-likeness (QED) is 0.492. The molecule has 1 saturated carbocycles. The van der Waals surface area contributed by atoms with Crippen LogP contribution < -0.4 is 0 Å². The summed E-state index contributed by atoms with van der Waals surface area (Å²) >= 11 is 0. The molecule has 94 valence electrons. The molecule has 0 bridgehead atoms. The number of unbranched alkanes of at least 4 members (excludes halogenated alkanes) is 2. The Kier molecular flexibility index (Phi) is 7.18. The highest BCUT2D eigenvalue weighted by Crippen LogP contribution is 2.24. The molecule has 0 heterocycles. The van der Waals surface area contributed by atoms with E-state index in [2.05, 4.69) is 13.2 Å². The van der Waals surface area contributed by atoms with Gasteiger partial charge in [0.2, 0.25) is 0 Å². The maximum atomic E-state index is 11.8. The number of hydrogen-bond acceptors (Lipinski definition) is 1. The first-order chi connectivity index (χ1) is 7.74. The van der Waals surface area contributed by atoms with Crippen molar-refractivity contribution in [1.82, 2.24) is 0 Å². The summed E-state index contributed by atoms with van der Waals surface area (Å²) in [7, 11) is 0.358. The largest absolute Gasteiger partial charge is 0.294 e. The topological polar surface area (TPSA) is 17.1 Å². The first-order valence-electron chi connectivity index (χ1n) is 6.87. The first kappa shape index (κ1) is 14.1. The van der Waals surface area contributed by atoms with Gasteiger partial charge in [0.1, 0.15) is 5.25 Å². The van der Waals surface area contributed by atoms with E-state index in [0.29, 0.717) is 16.7 Å². The fraction of sp³-hybridized carbons (Fsp3) is 0.929. The monoisotopic (exact) mass is 243 g/mol. The van der Waals surface area contributed by atoms with Crippen molar-refractivity contribution >= 4 is 16.7 Å². The minimum Gasteiger partial charge on any atom is -0.294 e. The van der Waals surface area contributed by atoms with E-state index in [0.717, 1.165) is 23.8 Å². The second kappa shape index (κ2) is 8.16. The summed E-state index contributed by atoms with van der Waals surface area (Å²) in [6.07, 6.45) is 13.6. The molecule has 0 saturated heterocycles. The number of carbonyl (C=O) groups excluding carboxylic acids is 1. The van der Waals surface area contributed by atoms with Gasteiger partial charge in [-0.1, -0.05) is 26.2 Å². The lowest BCUT2D eigenvalue weighted by atomic mass is 10.0. The molecule has 0 N–H and O–H groups in total. The lowest BCUT2D eigenvalue weighted by Crippen LogP contribution is -2.29. The van der Waals surface area contributed by atoms with Crippen molar-refractivity contribution in [3.05, 3.63) is 0 Å². The van der Waals surface area contributed by atoms with Gasteiger partial charge in [0.25, 0.3) is 0 Å². The van der Waals surface area contributed by atoms with Gasteiger partial charge < -0.3 is 0 Å². The molecule has 1 unspecified atom stereocenters. The van der Waals surface area contributed by atoms with Crippen molar-refractivity contribution in [2.75, 3.05) is 12.0 Å². The average molecular weight is 243 g/mol. The van der Waals surface area contributed by atoms with Crippen LogP contribution in [0.5, 0.6) is 0 Å². The van der Waals surface area contributed by atoms with Crippen molar-refractivity contribution in [2.45, 2.75) is 70.0 Å². The molecule has 1 fully saturated rings. The molecular weight excluding hydrogens is 216 g/mol. The molecule has 0 amide bonds. The van der Waals surface area contributed by atoms with Crippen LogP contribution in [0.2, 0.25) is 0 Å². The van der Waals surface area contributed by atoms with Crippen LogP contribution in [0.3, 0.4) is 0 Å². The Morgan fingerprint density at radius 1 is 1.19 bits per heavy atom. The predicted octanol–water partition coefficient (Wildman–Crippen LogP) is 3.72. The fourth-order valence-electron chi connectivity index (χ4n) is 2.48. The lowest BCUT2D eigenvalue weighted by Gasteiger charge is -2.20. The Morgan fingerprint density at radius 3 is 2.50 bits per heavy atom. The maximum Gasteiger partial charge on any atom is 0.181 e. The summed E-state index contributed by atoms with van der Waals surface area (Å²) in [6.45, 7) is 2.19. The maximum absolute atomic E-state index is 11.8. The van der Waals surface area contributed by atoms with Crippen LogP contribution in [0.15, 0.2) is 0 Å². The molecule has 1 nitrogen and oxygen atoms in total. The molecule has 1 rings (SSSR count). The van der Waals surface area contributed by atoms with Gasteiger partial charge in [-0.05, 0) is 43.0 Å². The minimum absolute atomic E-state index is 0.358. The van der Waals surface area contributed by atoms with Gasteiger partial charge in [-0.15, -0.1) is 0 Å². The number of carbonyl (C=O) groups is 1. The number of Topliss-reactive ketones (excluding diaryl/α,β-unsaturated/α-hetero) is 1. The molecule has 1 aliphatic carbocycles. The third-order valence-corrected chi connectivity index (χ3v) is 5.96. The number of rotatable bonds is 7. The van der Waals surface area contributed by atoms with E-state index in [-0.39, 0.29) is 0 Å². The Morgan fingerprint density at radius 2 is 1.88 bits per heavy atom. The van der Waals surface area contributed by atoms with E-state index in [9.17, 15) is 4.79 Å². The van der Waals surface area contributed by atoms with Crippen molar-refractivity contribution in [3.8, 4) is 0 Å². The standard InChI is InChI=1S/C14H27OS/c1-3-4-6-9-13(15)12-16(2)14-10-7-5-8-11-14/h14H,3-12H2,1-2H3/q+1. The average Bonchev–Trinajstić information content (AvgIpc) is 2.30. The second-order valence-corrected chi connectivity index (χ2v) is 7.43. The van der Waals surface area contributed by atoms with Gasteiger partial charge in [-0.25, -0.2) is 0 Å². The Balaban J connectivity index is 2.16. The van der Waals surface area contributed by atoms with Crippen LogP contribution in [0.1, 0.15) is 64.7 Å². The zero-order valence-corrected chi connectivity index (χ0v) is 11.8. The van der Waals surface area contributed by atoms with Gasteiger partial charge in [-0.2, -0.15) is 0 Å². The van der Waals surface area contributed by atoms with E-state index in [1.165, 1.54) is 44.9 Å². The van der Waals surface area contributed by atoms with E-state index in [1.807, 2.05) is 0 Å². The van der Waals surface area contributed by atoms with Crippen LogP contribution in [0.25, 0.3) is 0 Å². The summed E-state index contributed by atoms with van der Waals surface area (Å²) < 4.78 is 0. The van der Waals surface area contributed by atoms with Crippen molar-refractivity contribution in [1.29, 1.82) is 0 Å². The van der Waals surface area contributed by atoms with E-state index < -0.39 is 0 Å². The van der Waals surface area contributed by atoms with E-state index in [1.54, 1.807) is 0 Å². The van der Waals surface area contributed by atoms with Crippen LogP contribution >= 0.6 is 0 Å². The fourth-order valence-corrected chi connectivity index (χ4v) is 4.51. The third kappa shape index (κ3) is 5.38.